The quantitative estimate of drug-likeness (QED) is 0.416. The number of aryl methyl sites for hydroxylation is 2. The SMILES string of the molecule is Cc1nn(C)c(C)c1C(=O)Nc1ccn(Cc2c(F)c(F)c(F)c(F)c2F)n1. The van der Waals surface area contributed by atoms with Crippen molar-refractivity contribution in [3.05, 3.63) is 63.9 Å². The fourth-order valence-electron chi connectivity index (χ4n) is 2.75. The summed E-state index contributed by atoms with van der Waals surface area (Å²) in [6, 6.07) is 1.32. The van der Waals surface area contributed by atoms with Crippen LogP contribution >= 0.6 is 0 Å². The molecule has 0 saturated carbocycles. The molecule has 0 fully saturated rings. The molecule has 0 spiro atoms. The van der Waals surface area contributed by atoms with Crippen molar-refractivity contribution in [3.8, 4) is 0 Å². The lowest BCUT2D eigenvalue weighted by atomic mass is 10.1. The molecular weight excluding hydrogens is 385 g/mol. The summed E-state index contributed by atoms with van der Waals surface area (Å²) in [5.41, 5.74) is 0.433. The third-order valence-electron chi connectivity index (χ3n) is 4.24. The van der Waals surface area contributed by atoms with E-state index in [0.717, 1.165) is 4.68 Å². The van der Waals surface area contributed by atoms with Gasteiger partial charge in [0.1, 0.15) is 0 Å². The third-order valence-corrected chi connectivity index (χ3v) is 4.24. The Hall–Kier alpha value is -3.24. The lowest BCUT2D eigenvalue weighted by Crippen LogP contribution is -2.15. The average molecular weight is 399 g/mol. The van der Waals surface area contributed by atoms with Crippen molar-refractivity contribution in [1.82, 2.24) is 19.6 Å². The van der Waals surface area contributed by atoms with Crippen LogP contribution in [0.1, 0.15) is 27.3 Å². The van der Waals surface area contributed by atoms with Crippen molar-refractivity contribution >= 4 is 11.7 Å². The van der Waals surface area contributed by atoms with E-state index in [4.69, 9.17) is 0 Å². The molecule has 0 aliphatic rings. The zero-order valence-corrected chi connectivity index (χ0v) is 14.9. The standard InChI is InChI=1S/C17H14F5N5O/c1-7-11(8(2)26(3)24-7)17(28)23-10-4-5-27(25-10)6-9-12(18)14(20)16(22)15(21)13(9)19/h4-5H,6H2,1-3H3,(H,23,25,28). The summed E-state index contributed by atoms with van der Waals surface area (Å²) in [5, 5.41) is 10.5. The number of nitrogens with zero attached hydrogens (tertiary/aromatic N) is 4. The van der Waals surface area contributed by atoms with Gasteiger partial charge in [-0.15, -0.1) is 0 Å². The maximum atomic E-state index is 13.8. The summed E-state index contributed by atoms with van der Waals surface area (Å²) in [6.07, 6.45) is 1.23. The second kappa shape index (κ2) is 7.06. The molecule has 3 rings (SSSR count). The van der Waals surface area contributed by atoms with Crippen LogP contribution < -0.4 is 5.32 Å². The van der Waals surface area contributed by atoms with E-state index in [0.29, 0.717) is 17.0 Å². The fourth-order valence-corrected chi connectivity index (χ4v) is 2.75. The molecule has 28 heavy (non-hydrogen) atoms. The molecule has 148 valence electrons. The normalized spacial score (nSPS) is 11.1. The van der Waals surface area contributed by atoms with E-state index in [1.807, 2.05) is 0 Å². The first kappa shape index (κ1) is 19.5. The molecule has 0 saturated heterocycles. The number of aromatic nitrogens is 4. The number of nitrogens with one attached hydrogen (secondary N) is 1. The first-order valence-electron chi connectivity index (χ1n) is 7.97. The number of carbonyl (C=O) groups excluding carboxylic acids is 1. The highest BCUT2D eigenvalue weighted by molar-refractivity contribution is 6.05. The minimum atomic E-state index is -2.23. The zero-order chi connectivity index (χ0) is 20.7. The lowest BCUT2D eigenvalue weighted by Gasteiger charge is -2.08. The molecule has 2 aromatic heterocycles. The van der Waals surface area contributed by atoms with Gasteiger partial charge < -0.3 is 5.32 Å². The molecule has 2 heterocycles. The van der Waals surface area contributed by atoms with E-state index in [-0.39, 0.29) is 5.82 Å². The Morgan fingerprint density at radius 2 is 1.57 bits per heavy atom. The van der Waals surface area contributed by atoms with Crippen LogP contribution in [0, 0.1) is 42.9 Å². The molecule has 11 heteroatoms. The summed E-state index contributed by atoms with van der Waals surface area (Å²) < 4.78 is 69.7. The van der Waals surface area contributed by atoms with Crippen LogP contribution in [0.4, 0.5) is 27.8 Å². The summed E-state index contributed by atoms with van der Waals surface area (Å²) in [7, 11) is 1.68. The van der Waals surface area contributed by atoms with Crippen LogP contribution in [-0.4, -0.2) is 25.5 Å². The van der Waals surface area contributed by atoms with Gasteiger partial charge in [0.25, 0.3) is 5.91 Å². The second-order valence-corrected chi connectivity index (χ2v) is 6.07. The highest BCUT2D eigenvalue weighted by atomic mass is 19.2. The molecule has 0 aliphatic heterocycles. The first-order valence-corrected chi connectivity index (χ1v) is 7.97. The molecule has 6 nitrogen and oxygen atoms in total. The fraction of sp³-hybridized carbons (Fsp3) is 0.235. The van der Waals surface area contributed by atoms with Gasteiger partial charge in [-0.3, -0.25) is 14.2 Å². The number of benzene rings is 1. The minimum Gasteiger partial charge on any atom is -0.305 e. The Balaban J connectivity index is 1.83. The molecular formula is C17H14F5N5O. The van der Waals surface area contributed by atoms with Crippen LogP contribution in [0.2, 0.25) is 0 Å². The molecule has 0 radical (unpaired) electrons. The Morgan fingerprint density at radius 3 is 2.11 bits per heavy atom. The van der Waals surface area contributed by atoms with Gasteiger partial charge >= 0.3 is 0 Å². The van der Waals surface area contributed by atoms with Gasteiger partial charge in [0.2, 0.25) is 5.82 Å². The number of halogens is 5. The van der Waals surface area contributed by atoms with Gasteiger partial charge in [-0.05, 0) is 13.8 Å². The lowest BCUT2D eigenvalue weighted by molar-refractivity contribution is 0.102. The Morgan fingerprint density at radius 1 is 1.00 bits per heavy atom. The van der Waals surface area contributed by atoms with Crippen molar-refractivity contribution in [2.75, 3.05) is 5.32 Å². The van der Waals surface area contributed by atoms with Crippen molar-refractivity contribution in [3.63, 3.8) is 0 Å². The molecule has 0 bridgehead atoms. The van der Waals surface area contributed by atoms with Crippen LogP contribution in [0.25, 0.3) is 0 Å². The topological polar surface area (TPSA) is 64.7 Å². The summed E-state index contributed by atoms with van der Waals surface area (Å²) in [5.74, 6) is -10.6. The number of carbonyl (C=O) groups is 1. The number of hydrogen-bond donors (Lipinski definition) is 1. The van der Waals surface area contributed by atoms with E-state index in [9.17, 15) is 26.7 Å². The highest BCUT2D eigenvalue weighted by Gasteiger charge is 2.26. The van der Waals surface area contributed by atoms with Gasteiger partial charge in [-0.25, -0.2) is 22.0 Å². The van der Waals surface area contributed by atoms with Crippen LogP contribution in [0.5, 0.6) is 0 Å². The van der Waals surface area contributed by atoms with E-state index in [1.165, 1.54) is 16.9 Å². The smallest absolute Gasteiger partial charge is 0.260 e. The molecule has 1 amide bonds. The van der Waals surface area contributed by atoms with Crippen molar-refractivity contribution in [2.24, 2.45) is 7.05 Å². The average Bonchev–Trinajstić information content (AvgIpc) is 3.18. The largest absolute Gasteiger partial charge is 0.305 e. The second-order valence-electron chi connectivity index (χ2n) is 6.07. The predicted molar refractivity (Wildman–Crippen MR) is 88.2 cm³/mol. The van der Waals surface area contributed by atoms with E-state index in [1.54, 1.807) is 20.9 Å². The van der Waals surface area contributed by atoms with Gasteiger partial charge in [0.15, 0.2) is 29.1 Å². The van der Waals surface area contributed by atoms with Crippen molar-refractivity contribution < 1.29 is 26.7 Å². The molecule has 0 atom stereocenters. The van der Waals surface area contributed by atoms with Gasteiger partial charge in [0, 0.05) is 25.0 Å². The zero-order valence-electron chi connectivity index (χ0n) is 14.9. The summed E-state index contributed by atoms with van der Waals surface area (Å²) >= 11 is 0. The minimum absolute atomic E-state index is 0.0384. The summed E-state index contributed by atoms with van der Waals surface area (Å²) in [4.78, 5) is 12.4. The van der Waals surface area contributed by atoms with E-state index in [2.05, 4.69) is 15.5 Å². The number of hydrogen-bond acceptors (Lipinski definition) is 3. The molecule has 0 unspecified atom stereocenters. The van der Waals surface area contributed by atoms with Gasteiger partial charge in [-0.2, -0.15) is 10.2 Å². The molecule has 0 aliphatic carbocycles. The number of rotatable bonds is 4. The highest BCUT2D eigenvalue weighted by Crippen LogP contribution is 2.24. The third kappa shape index (κ3) is 3.23. The Labute approximate surface area is 155 Å². The van der Waals surface area contributed by atoms with Crippen LogP contribution in [-0.2, 0) is 13.6 Å². The predicted octanol–water partition coefficient (Wildman–Crippen LogP) is 3.23. The van der Waals surface area contributed by atoms with Crippen molar-refractivity contribution in [2.45, 2.75) is 20.4 Å². The van der Waals surface area contributed by atoms with E-state index < -0.39 is 47.1 Å². The van der Waals surface area contributed by atoms with Gasteiger partial charge in [0.05, 0.1) is 23.4 Å². The number of amides is 1. The van der Waals surface area contributed by atoms with E-state index >= 15 is 0 Å². The first-order chi connectivity index (χ1) is 13.1. The Bertz CT molecular complexity index is 1060. The van der Waals surface area contributed by atoms with Crippen molar-refractivity contribution in [1.29, 1.82) is 0 Å². The maximum Gasteiger partial charge on any atom is 0.260 e. The van der Waals surface area contributed by atoms with Gasteiger partial charge in [-0.1, -0.05) is 0 Å². The Kier molecular flexibility index (Phi) is 4.92. The molecule has 3 aromatic rings. The molecule has 1 N–H and O–H groups in total. The number of anilines is 1. The monoisotopic (exact) mass is 399 g/mol. The van der Waals surface area contributed by atoms with Crippen LogP contribution in [0.15, 0.2) is 12.3 Å². The van der Waals surface area contributed by atoms with Crippen LogP contribution in [0.3, 0.4) is 0 Å². The molecule has 1 aromatic carbocycles. The summed E-state index contributed by atoms with van der Waals surface area (Å²) in [6.45, 7) is 2.65. The maximum absolute atomic E-state index is 13.8.